The molecule has 1 aliphatic heterocycles. The van der Waals surface area contributed by atoms with E-state index < -0.39 is 15.6 Å². The Hall–Kier alpha value is -2.92. The molecule has 0 bridgehead atoms. The second kappa shape index (κ2) is 8.94. The van der Waals surface area contributed by atoms with Gasteiger partial charge in [0, 0.05) is 25.7 Å². The Labute approximate surface area is 213 Å². The summed E-state index contributed by atoms with van der Waals surface area (Å²) in [5, 5.41) is 15.5. The van der Waals surface area contributed by atoms with Crippen LogP contribution >= 0.6 is 23.2 Å². The van der Waals surface area contributed by atoms with Crippen LogP contribution in [0.15, 0.2) is 47.4 Å². The molecule has 1 fully saturated rings. The number of carbonyl (C=O) groups excluding carboxylic acids is 1. The van der Waals surface area contributed by atoms with E-state index in [2.05, 4.69) is 15.1 Å². The van der Waals surface area contributed by atoms with Crippen LogP contribution in [-0.2, 0) is 33.9 Å². The lowest BCUT2D eigenvalue weighted by Crippen LogP contribution is -2.40. The Kier molecular flexibility index (Phi) is 6.43. The summed E-state index contributed by atoms with van der Waals surface area (Å²) in [6.45, 7) is 3.28. The number of hydrogen-bond acceptors (Lipinski definition) is 5. The molecule has 1 atom stereocenters. The third kappa shape index (κ3) is 4.42. The molecular formula is C23H24Cl2N6O3S. The van der Waals surface area contributed by atoms with Crippen LogP contribution in [0, 0.1) is 12.3 Å². The fraction of sp³-hybridized carbons (Fsp3) is 0.261. The van der Waals surface area contributed by atoms with Gasteiger partial charge in [0.2, 0.25) is 10.0 Å². The first-order valence-electron chi connectivity index (χ1n) is 10.6. The van der Waals surface area contributed by atoms with Crippen molar-refractivity contribution in [2.75, 3.05) is 7.05 Å². The summed E-state index contributed by atoms with van der Waals surface area (Å²) in [7, 11) is -0.823. The Morgan fingerprint density at radius 3 is 2.49 bits per heavy atom. The topological polar surface area (TPSA) is 120 Å². The number of benzene rings is 2. The highest BCUT2D eigenvalue weighted by molar-refractivity contribution is 7.89. The molecule has 0 saturated carbocycles. The van der Waals surface area contributed by atoms with Crippen LogP contribution in [0.2, 0.25) is 10.2 Å². The number of amides is 1. The van der Waals surface area contributed by atoms with Gasteiger partial charge in [-0.25, -0.2) is 13.1 Å². The third-order valence-corrected chi connectivity index (χ3v) is 8.41. The average molecular weight is 535 g/mol. The second-order valence-corrected chi connectivity index (χ2v) is 11.0. The average Bonchev–Trinajstić information content (AvgIpc) is 3.19. The third-order valence-electron chi connectivity index (χ3n) is 6.08. The molecule has 3 aromatic rings. The van der Waals surface area contributed by atoms with Crippen molar-refractivity contribution in [2.45, 2.75) is 30.8 Å². The van der Waals surface area contributed by atoms with Gasteiger partial charge in [-0.1, -0.05) is 47.5 Å². The van der Waals surface area contributed by atoms with Crippen LogP contribution in [0.25, 0.3) is 11.1 Å². The molecule has 1 saturated heterocycles. The van der Waals surface area contributed by atoms with Gasteiger partial charge >= 0.3 is 0 Å². The standard InChI is InChI=1S/C23H24Cl2N6O3S/c1-13-19(20(25)31(4)29-13)35(33,34)27-12-15-8-9-17(24)11-18(15)14-6-5-7-16(10-14)23(2)21(32)30(3)22(26)28-23/h5-11,27H,12H2,1-4H3,(H2,26,28). The number of aryl methyl sites for hydroxylation is 2. The number of rotatable bonds is 6. The lowest BCUT2D eigenvalue weighted by atomic mass is 9.88. The maximum absolute atomic E-state index is 13.0. The van der Waals surface area contributed by atoms with Crippen molar-refractivity contribution in [2.24, 2.45) is 7.05 Å². The van der Waals surface area contributed by atoms with Crippen molar-refractivity contribution >= 4 is 45.1 Å². The van der Waals surface area contributed by atoms with Gasteiger partial charge in [-0.2, -0.15) is 5.10 Å². The summed E-state index contributed by atoms with van der Waals surface area (Å²) in [4.78, 5) is 14.0. The molecule has 0 spiro atoms. The smallest absolute Gasteiger partial charge is 0.259 e. The van der Waals surface area contributed by atoms with Crippen LogP contribution in [0.5, 0.6) is 0 Å². The minimum atomic E-state index is -3.94. The first-order valence-corrected chi connectivity index (χ1v) is 12.8. The highest BCUT2D eigenvalue weighted by Crippen LogP contribution is 2.33. The number of aromatic nitrogens is 2. The molecule has 9 nitrogen and oxygen atoms in total. The zero-order valence-corrected chi connectivity index (χ0v) is 21.8. The van der Waals surface area contributed by atoms with Gasteiger partial charge in [0.25, 0.3) is 5.91 Å². The quantitative estimate of drug-likeness (QED) is 0.447. The van der Waals surface area contributed by atoms with Crippen molar-refractivity contribution in [1.82, 2.24) is 24.7 Å². The largest absolute Gasteiger partial charge is 0.338 e. The predicted octanol–water partition coefficient (Wildman–Crippen LogP) is 3.39. The highest BCUT2D eigenvalue weighted by Gasteiger charge is 2.45. The second-order valence-electron chi connectivity index (χ2n) is 8.50. The van der Waals surface area contributed by atoms with Crippen molar-refractivity contribution in [3.8, 4) is 11.1 Å². The molecule has 0 aliphatic carbocycles. The summed E-state index contributed by atoms with van der Waals surface area (Å²) in [5.41, 5.74) is 1.98. The van der Waals surface area contributed by atoms with Crippen molar-refractivity contribution < 1.29 is 13.2 Å². The van der Waals surface area contributed by atoms with Crippen LogP contribution in [0.4, 0.5) is 0 Å². The van der Waals surface area contributed by atoms with Crippen molar-refractivity contribution in [3.05, 3.63) is 69.5 Å². The Morgan fingerprint density at radius 1 is 1.17 bits per heavy atom. The minimum absolute atomic E-state index is 0.0186. The number of carbonyl (C=O) groups is 1. The molecule has 2 aromatic carbocycles. The Morgan fingerprint density at radius 2 is 1.89 bits per heavy atom. The molecule has 2 heterocycles. The number of guanidine groups is 1. The zero-order valence-electron chi connectivity index (χ0n) is 19.5. The van der Waals surface area contributed by atoms with Gasteiger partial charge in [0.05, 0.1) is 5.69 Å². The first kappa shape index (κ1) is 25.2. The van der Waals surface area contributed by atoms with Crippen LogP contribution in [0.3, 0.4) is 0 Å². The molecule has 1 aliphatic rings. The van der Waals surface area contributed by atoms with Gasteiger partial charge in [-0.05, 0) is 54.3 Å². The van der Waals surface area contributed by atoms with Crippen LogP contribution < -0.4 is 10.0 Å². The van der Waals surface area contributed by atoms with E-state index in [0.717, 1.165) is 5.56 Å². The molecule has 184 valence electrons. The lowest BCUT2D eigenvalue weighted by Gasteiger charge is -2.23. The summed E-state index contributed by atoms with van der Waals surface area (Å²) < 4.78 is 29.9. The molecule has 35 heavy (non-hydrogen) atoms. The molecule has 3 N–H and O–H groups in total. The summed E-state index contributed by atoms with van der Waals surface area (Å²) in [6, 6.07) is 12.5. The molecule has 1 aromatic heterocycles. The van der Waals surface area contributed by atoms with E-state index in [1.54, 1.807) is 58.3 Å². The maximum Gasteiger partial charge on any atom is 0.259 e. The normalized spacial score (nSPS) is 18.3. The van der Waals surface area contributed by atoms with Crippen molar-refractivity contribution in [1.29, 1.82) is 5.41 Å². The van der Waals surface area contributed by atoms with Crippen LogP contribution in [0.1, 0.15) is 23.7 Å². The molecular weight excluding hydrogens is 511 g/mol. The van der Waals surface area contributed by atoms with E-state index in [1.807, 2.05) is 12.1 Å². The maximum atomic E-state index is 13.0. The van der Waals surface area contributed by atoms with Gasteiger partial charge in [-0.3, -0.25) is 19.8 Å². The Bertz CT molecular complexity index is 1470. The molecule has 1 amide bonds. The molecule has 1 unspecified atom stereocenters. The predicted molar refractivity (Wildman–Crippen MR) is 135 cm³/mol. The fourth-order valence-electron chi connectivity index (χ4n) is 4.14. The number of nitrogens with zero attached hydrogens (tertiary/aromatic N) is 3. The number of sulfonamides is 1. The van der Waals surface area contributed by atoms with E-state index in [0.29, 0.717) is 27.4 Å². The van der Waals surface area contributed by atoms with E-state index in [-0.39, 0.29) is 28.5 Å². The SMILES string of the molecule is Cc1nn(C)c(Cl)c1S(=O)(=O)NCc1ccc(Cl)cc1-c1cccc(C2(C)NC(=N)N(C)C2=O)c1. The lowest BCUT2D eigenvalue weighted by molar-refractivity contribution is -0.129. The van der Waals surface area contributed by atoms with E-state index >= 15 is 0 Å². The van der Waals surface area contributed by atoms with Crippen molar-refractivity contribution in [3.63, 3.8) is 0 Å². The number of nitrogens with one attached hydrogen (secondary N) is 3. The number of halogens is 2. The summed E-state index contributed by atoms with van der Waals surface area (Å²) in [6.07, 6.45) is 0. The van der Waals surface area contributed by atoms with Crippen LogP contribution in [-0.4, -0.2) is 42.0 Å². The van der Waals surface area contributed by atoms with Gasteiger partial charge in [-0.15, -0.1) is 0 Å². The Balaban J connectivity index is 1.70. The first-order chi connectivity index (χ1) is 16.3. The van der Waals surface area contributed by atoms with Gasteiger partial charge in [0.15, 0.2) is 5.96 Å². The zero-order chi connectivity index (χ0) is 25.7. The van der Waals surface area contributed by atoms with E-state index in [1.165, 1.54) is 9.58 Å². The molecule has 12 heteroatoms. The van der Waals surface area contributed by atoms with E-state index in [9.17, 15) is 13.2 Å². The summed E-state index contributed by atoms with van der Waals surface area (Å²) in [5.74, 6) is -0.229. The van der Waals surface area contributed by atoms with Gasteiger partial charge < -0.3 is 5.32 Å². The summed E-state index contributed by atoms with van der Waals surface area (Å²) >= 11 is 12.4. The van der Waals surface area contributed by atoms with Gasteiger partial charge in [0.1, 0.15) is 15.6 Å². The number of likely N-dealkylation sites (N-methyl/N-ethyl adjacent to an activating group) is 1. The highest BCUT2D eigenvalue weighted by atomic mass is 35.5. The number of hydrogen-bond donors (Lipinski definition) is 3. The monoisotopic (exact) mass is 534 g/mol. The fourth-order valence-corrected chi connectivity index (χ4v) is 6.06. The van der Waals surface area contributed by atoms with E-state index in [4.69, 9.17) is 28.6 Å². The minimum Gasteiger partial charge on any atom is -0.338 e. The molecule has 4 rings (SSSR count). The molecule has 0 radical (unpaired) electrons.